The molecule has 10 heteroatoms. The Hall–Kier alpha value is -2.81. The third-order valence-electron chi connectivity index (χ3n) is 6.34. The van der Waals surface area contributed by atoms with Crippen molar-refractivity contribution in [2.45, 2.75) is 31.0 Å². The fourth-order valence-corrected chi connectivity index (χ4v) is 15.5. The van der Waals surface area contributed by atoms with E-state index < -0.39 is 36.6 Å². The zero-order valence-corrected chi connectivity index (χ0v) is 24.5. The van der Waals surface area contributed by atoms with Gasteiger partial charge < -0.3 is 0 Å². The van der Waals surface area contributed by atoms with Gasteiger partial charge in [-0.05, 0) is 0 Å². The van der Waals surface area contributed by atoms with E-state index >= 15 is 0 Å². The van der Waals surface area contributed by atoms with E-state index in [-0.39, 0.29) is 0 Å². The molecule has 0 bridgehead atoms. The molecule has 0 aliphatic heterocycles. The molecule has 39 heavy (non-hydrogen) atoms. The molecule has 1 unspecified atom stereocenters. The summed E-state index contributed by atoms with van der Waals surface area (Å²) in [5, 5.41) is 0.877. The van der Waals surface area contributed by atoms with Crippen molar-refractivity contribution >= 4 is 41.2 Å². The molecule has 4 rings (SSSR count). The Kier molecular flexibility index (Phi) is 7.96. The van der Waals surface area contributed by atoms with Gasteiger partial charge in [0.2, 0.25) is 0 Å². The quantitative estimate of drug-likeness (QED) is 0.122. The molecule has 0 amide bonds. The second-order valence-electron chi connectivity index (χ2n) is 10.1. The van der Waals surface area contributed by atoms with Crippen molar-refractivity contribution in [3.63, 3.8) is 0 Å². The van der Waals surface area contributed by atoms with Crippen molar-refractivity contribution in [2.24, 2.45) is 0 Å². The topological polar surface area (TPSA) is 52.6 Å². The number of benzene rings is 4. The number of hydrogen-bond acceptors (Lipinski definition) is 4. The van der Waals surface area contributed by atoms with Crippen molar-refractivity contribution in [3.8, 4) is 0 Å². The van der Waals surface area contributed by atoms with Crippen LogP contribution in [0.2, 0.25) is 19.6 Å². The summed E-state index contributed by atoms with van der Waals surface area (Å²) in [6.07, 6.45) is 0. The Bertz CT molecular complexity index is 1400. The van der Waals surface area contributed by atoms with Crippen LogP contribution in [0, 0.1) is 0 Å². The SMILES string of the molecule is C[Si](C)(C)OC(c1ccccc1)P(OS(=O)(=O)C(F)(F)F)(c1ccccc1)(c1ccccc1)c1ccccc1. The fourth-order valence-electron chi connectivity index (χ4n) is 4.85. The molecule has 0 aliphatic rings. The fraction of sp³-hybridized carbons (Fsp3) is 0.172. The maximum atomic E-state index is 14.4. The number of hydrogen-bond donors (Lipinski definition) is 0. The van der Waals surface area contributed by atoms with Crippen molar-refractivity contribution < 1.29 is 30.0 Å². The predicted octanol–water partition coefficient (Wildman–Crippen LogP) is 6.85. The molecule has 4 aromatic carbocycles. The van der Waals surface area contributed by atoms with Gasteiger partial charge in [-0.2, -0.15) is 0 Å². The first-order chi connectivity index (χ1) is 18.3. The summed E-state index contributed by atoms with van der Waals surface area (Å²) in [4.78, 5) is 0. The average Bonchev–Trinajstić information content (AvgIpc) is 2.91. The van der Waals surface area contributed by atoms with Crippen LogP contribution in [0.1, 0.15) is 11.4 Å². The van der Waals surface area contributed by atoms with Crippen molar-refractivity contribution in [2.75, 3.05) is 0 Å². The summed E-state index contributed by atoms with van der Waals surface area (Å²) in [5.41, 5.74) is -5.18. The number of rotatable bonds is 9. The number of halogens is 3. The van der Waals surface area contributed by atoms with Crippen LogP contribution in [0.5, 0.6) is 0 Å². The van der Waals surface area contributed by atoms with Gasteiger partial charge in [0.25, 0.3) is 0 Å². The molecule has 0 aromatic heterocycles. The molecule has 4 aromatic rings. The third kappa shape index (κ3) is 5.22. The zero-order chi connectivity index (χ0) is 28.4. The molecule has 0 spiro atoms. The van der Waals surface area contributed by atoms with E-state index in [1.807, 2.05) is 19.6 Å². The third-order valence-corrected chi connectivity index (χ3v) is 15.3. The van der Waals surface area contributed by atoms with E-state index in [1.165, 1.54) is 0 Å². The molecular formula is C29H30F3O4PSSi. The van der Waals surface area contributed by atoms with Gasteiger partial charge in [0.1, 0.15) is 0 Å². The van der Waals surface area contributed by atoms with E-state index in [4.69, 9.17) is 8.40 Å². The minimum atomic E-state index is -6.17. The first-order valence-electron chi connectivity index (χ1n) is 12.3. The van der Waals surface area contributed by atoms with Crippen LogP contribution in [0.15, 0.2) is 121 Å². The van der Waals surface area contributed by atoms with Crippen LogP contribution in [0.4, 0.5) is 13.2 Å². The van der Waals surface area contributed by atoms with Gasteiger partial charge in [0, 0.05) is 0 Å². The van der Waals surface area contributed by atoms with Gasteiger partial charge >= 0.3 is 229 Å². The molecule has 0 N–H and O–H groups in total. The first kappa shape index (κ1) is 29.2. The predicted molar refractivity (Wildman–Crippen MR) is 155 cm³/mol. The molecular weight excluding hydrogens is 560 g/mol. The second-order valence-corrected chi connectivity index (χ2v) is 20.7. The van der Waals surface area contributed by atoms with E-state index in [0.29, 0.717) is 21.5 Å². The molecule has 0 heterocycles. The Morgan fingerprint density at radius 3 is 1.28 bits per heavy atom. The van der Waals surface area contributed by atoms with Crippen LogP contribution in [0.3, 0.4) is 0 Å². The Morgan fingerprint density at radius 1 is 0.641 bits per heavy atom. The van der Waals surface area contributed by atoms with Crippen LogP contribution in [0.25, 0.3) is 0 Å². The van der Waals surface area contributed by atoms with Crippen LogP contribution >= 0.6 is 6.83 Å². The Balaban J connectivity index is 2.37. The summed E-state index contributed by atoms with van der Waals surface area (Å²) >= 11 is 0. The molecule has 1 atom stereocenters. The van der Waals surface area contributed by atoms with E-state index in [9.17, 15) is 21.6 Å². The van der Waals surface area contributed by atoms with E-state index in [0.717, 1.165) is 0 Å². The zero-order valence-electron chi connectivity index (χ0n) is 21.7. The summed E-state index contributed by atoms with van der Waals surface area (Å²) in [5.74, 6) is -1.23. The normalized spacial score (nSPS) is 14.8. The van der Waals surface area contributed by atoms with Gasteiger partial charge in [-0.3, -0.25) is 0 Å². The second kappa shape index (κ2) is 10.6. The molecule has 206 valence electrons. The molecule has 0 saturated heterocycles. The van der Waals surface area contributed by atoms with Gasteiger partial charge in [0.05, 0.1) is 0 Å². The Morgan fingerprint density at radius 2 is 0.974 bits per heavy atom. The summed E-state index contributed by atoms with van der Waals surface area (Å²) < 4.78 is 82.6. The van der Waals surface area contributed by atoms with Crippen LogP contribution in [-0.2, 0) is 18.5 Å². The maximum absolute atomic E-state index is 14.4. The minimum absolute atomic E-state index is 0.292. The molecule has 4 nitrogen and oxygen atoms in total. The van der Waals surface area contributed by atoms with Gasteiger partial charge in [-0.15, -0.1) is 0 Å². The van der Waals surface area contributed by atoms with E-state index in [2.05, 4.69) is 0 Å². The summed E-state index contributed by atoms with van der Waals surface area (Å²) in [6, 6.07) is 33.7. The van der Waals surface area contributed by atoms with Crippen LogP contribution < -0.4 is 15.9 Å². The molecule has 0 saturated carbocycles. The van der Waals surface area contributed by atoms with E-state index in [1.54, 1.807) is 121 Å². The molecule has 0 aliphatic carbocycles. The van der Waals surface area contributed by atoms with Crippen molar-refractivity contribution in [1.82, 2.24) is 0 Å². The molecule has 0 radical (unpaired) electrons. The number of alkyl halides is 3. The Labute approximate surface area is 228 Å². The molecule has 0 fully saturated rings. The van der Waals surface area contributed by atoms with Gasteiger partial charge in [-0.25, -0.2) is 0 Å². The average molecular weight is 591 g/mol. The van der Waals surface area contributed by atoms with Crippen molar-refractivity contribution in [1.29, 1.82) is 0 Å². The monoisotopic (exact) mass is 590 g/mol. The summed E-state index contributed by atoms with van der Waals surface area (Å²) in [6.45, 7) is 0.491. The van der Waals surface area contributed by atoms with Gasteiger partial charge in [0.15, 0.2) is 0 Å². The summed E-state index contributed by atoms with van der Waals surface area (Å²) in [7, 11) is -8.78. The van der Waals surface area contributed by atoms with Crippen molar-refractivity contribution in [3.05, 3.63) is 127 Å². The standard InChI is InChI=1S/C29H30F3O4PSSi/c1-39(2,3)35-28(24-16-8-4-9-17-24)37(25-18-10-5-11-19-25,26-20-12-6-13-21-26,27-22-14-7-15-23-27)36-38(33,34)29(30,31)32/h4-23,28H,1-3H3. The van der Waals surface area contributed by atoms with Crippen LogP contribution in [-0.4, -0.2) is 22.2 Å². The first-order valence-corrected chi connectivity index (χ1v) is 19.3. The van der Waals surface area contributed by atoms with Gasteiger partial charge in [-0.1, -0.05) is 0 Å².